The van der Waals surface area contributed by atoms with Crippen LogP contribution in [0.15, 0.2) is 83.8 Å². The molecule has 0 aromatic heterocycles. The molecule has 0 aliphatic rings. The predicted molar refractivity (Wildman–Crippen MR) is 126 cm³/mol. The van der Waals surface area contributed by atoms with E-state index >= 15 is 0 Å². The van der Waals surface area contributed by atoms with E-state index in [4.69, 9.17) is 4.74 Å². The summed E-state index contributed by atoms with van der Waals surface area (Å²) >= 11 is 0. The van der Waals surface area contributed by atoms with Crippen LogP contribution in [0.4, 0.5) is 5.69 Å². The van der Waals surface area contributed by atoms with Crippen LogP contribution < -0.4 is 9.04 Å². The summed E-state index contributed by atoms with van der Waals surface area (Å²) in [6.07, 6.45) is 0. The summed E-state index contributed by atoms with van der Waals surface area (Å²) in [6.45, 7) is 5.28. The Bertz CT molecular complexity index is 1120. The van der Waals surface area contributed by atoms with E-state index in [1.807, 2.05) is 13.8 Å². The zero-order valence-corrected chi connectivity index (χ0v) is 19.4. The van der Waals surface area contributed by atoms with E-state index in [1.54, 1.807) is 90.9 Å². The minimum Gasteiger partial charge on any atom is -0.497 e. The standard InChI is InChI=1S/C25H28N2O4S/c1-4-26(5-2)25(28)21-13-11-20(12-14-21)19-27(22-15-17-23(31-3)18-16-22)32(29,30)24-9-7-6-8-10-24/h6-18H,4-5,19H2,1-3H3. The number of carbonyl (C=O) groups is 1. The molecule has 0 spiro atoms. The van der Waals surface area contributed by atoms with Gasteiger partial charge >= 0.3 is 0 Å². The van der Waals surface area contributed by atoms with Crippen molar-refractivity contribution < 1.29 is 17.9 Å². The summed E-state index contributed by atoms with van der Waals surface area (Å²) in [4.78, 5) is 14.5. The van der Waals surface area contributed by atoms with Crippen molar-refractivity contribution in [3.63, 3.8) is 0 Å². The molecule has 168 valence electrons. The third kappa shape index (κ3) is 5.11. The molecule has 3 rings (SSSR count). The summed E-state index contributed by atoms with van der Waals surface area (Å²) in [5.74, 6) is 0.607. The number of rotatable bonds is 9. The van der Waals surface area contributed by atoms with Crippen molar-refractivity contribution in [2.24, 2.45) is 0 Å². The van der Waals surface area contributed by atoms with Crippen molar-refractivity contribution in [2.75, 3.05) is 24.5 Å². The Morgan fingerprint density at radius 1 is 0.844 bits per heavy atom. The number of sulfonamides is 1. The molecule has 0 heterocycles. The number of carbonyl (C=O) groups excluding carboxylic acids is 1. The van der Waals surface area contributed by atoms with Crippen molar-refractivity contribution >= 4 is 21.6 Å². The molecule has 1 amide bonds. The van der Waals surface area contributed by atoms with Gasteiger partial charge in [0, 0.05) is 18.7 Å². The predicted octanol–water partition coefficient (Wildman–Crippen LogP) is 4.57. The molecule has 0 bridgehead atoms. The second-order valence-electron chi connectivity index (χ2n) is 7.20. The Hall–Kier alpha value is -3.32. The highest BCUT2D eigenvalue weighted by atomic mass is 32.2. The zero-order chi connectivity index (χ0) is 23.1. The molecule has 0 N–H and O–H groups in total. The first-order valence-corrected chi connectivity index (χ1v) is 11.9. The van der Waals surface area contributed by atoms with Crippen LogP contribution in [0.3, 0.4) is 0 Å². The number of hydrogen-bond donors (Lipinski definition) is 0. The van der Waals surface area contributed by atoms with Crippen LogP contribution in [0.5, 0.6) is 5.75 Å². The van der Waals surface area contributed by atoms with E-state index in [2.05, 4.69) is 0 Å². The summed E-state index contributed by atoms with van der Waals surface area (Å²) in [5.41, 5.74) is 1.88. The highest BCUT2D eigenvalue weighted by molar-refractivity contribution is 7.92. The smallest absolute Gasteiger partial charge is 0.264 e. The number of methoxy groups -OCH3 is 1. The molecule has 0 fully saturated rings. The minimum atomic E-state index is -3.80. The van der Waals surface area contributed by atoms with Crippen molar-refractivity contribution in [1.29, 1.82) is 0 Å². The molecular weight excluding hydrogens is 424 g/mol. The maximum absolute atomic E-state index is 13.5. The Morgan fingerprint density at radius 3 is 1.97 bits per heavy atom. The maximum atomic E-state index is 13.5. The molecule has 3 aromatic carbocycles. The van der Waals surface area contributed by atoms with E-state index in [1.165, 1.54) is 4.31 Å². The van der Waals surface area contributed by atoms with Gasteiger partial charge in [0.25, 0.3) is 15.9 Å². The molecule has 0 aliphatic heterocycles. The van der Waals surface area contributed by atoms with Crippen molar-refractivity contribution in [1.82, 2.24) is 4.90 Å². The Morgan fingerprint density at radius 2 is 1.44 bits per heavy atom. The van der Waals surface area contributed by atoms with Gasteiger partial charge in [-0.05, 0) is 67.9 Å². The van der Waals surface area contributed by atoms with Gasteiger partial charge in [-0.15, -0.1) is 0 Å². The topological polar surface area (TPSA) is 66.9 Å². The van der Waals surface area contributed by atoms with E-state index in [-0.39, 0.29) is 17.3 Å². The lowest BCUT2D eigenvalue weighted by molar-refractivity contribution is 0.0773. The number of anilines is 1. The lowest BCUT2D eigenvalue weighted by Crippen LogP contribution is -2.31. The SMILES string of the molecule is CCN(CC)C(=O)c1ccc(CN(c2ccc(OC)cc2)S(=O)(=O)c2ccccc2)cc1. The fourth-order valence-corrected chi connectivity index (χ4v) is 4.87. The third-order valence-corrected chi connectivity index (χ3v) is 7.06. The summed E-state index contributed by atoms with van der Waals surface area (Å²) in [6, 6.07) is 22.3. The van der Waals surface area contributed by atoms with Gasteiger partial charge in [-0.25, -0.2) is 8.42 Å². The molecule has 0 atom stereocenters. The second-order valence-corrected chi connectivity index (χ2v) is 9.06. The second kappa shape index (κ2) is 10.3. The fraction of sp³-hybridized carbons (Fsp3) is 0.240. The average molecular weight is 453 g/mol. The van der Waals surface area contributed by atoms with Crippen molar-refractivity contribution in [2.45, 2.75) is 25.3 Å². The molecule has 0 aliphatic carbocycles. The van der Waals surface area contributed by atoms with Gasteiger partial charge in [-0.2, -0.15) is 0 Å². The van der Waals surface area contributed by atoms with Crippen LogP contribution in [0.1, 0.15) is 29.8 Å². The number of hydrogen-bond acceptors (Lipinski definition) is 4. The van der Waals surface area contributed by atoms with Crippen LogP contribution in [-0.2, 0) is 16.6 Å². The molecule has 0 radical (unpaired) electrons. The molecule has 7 heteroatoms. The first-order chi connectivity index (χ1) is 15.4. The van der Waals surface area contributed by atoms with Crippen molar-refractivity contribution in [3.05, 3.63) is 90.0 Å². The van der Waals surface area contributed by atoms with E-state index < -0.39 is 10.0 Å². The van der Waals surface area contributed by atoms with Crippen LogP contribution >= 0.6 is 0 Å². The third-order valence-electron chi connectivity index (χ3n) is 5.27. The number of ether oxygens (including phenoxy) is 1. The summed E-state index contributed by atoms with van der Waals surface area (Å²) < 4.78 is 33.5. The van der Waals surface area contributed by atoms with Gasteiger partial charge in [0.05, 0.1) is 24.2 Å². The first kappa shape index (κ1) is 23.3. The van der Waals surface area contributed by atoms with E-state index in [0.29, 0.717) is 30.1 Å². The Labute approximate surface area is 190 Å². The fourth-order valence-electron chi connectivity index (χ4n) is 3.40. The highest BCUT2D eigenvalue weighted by Gasteiger charge is 2.25. The lowest BCUT2D eigenvalue weighted by atomic mass is 10.1. The Balaban J connectivity index is 1.95. The molecular formula is C25H28N2O4S. The monoisotopic (exact) mass is 452 g/mol. The van der Waals surface area contributed by atoms with Gasteiger partial charge in [0.15, 0.2) is 0 Å². The van der Waals surface area contributed by atoms with Gasteiger partial charge < -0.3 is 9.64 Å². The van der Waals surface area contributed by atoms with Crippen LogP contribution in [-0.4, -0.2) is 39.4 Å². The number of benzene rings is 3. The largest absolute Gasteiger partial charge is 0.497 e. The van der Waals surface area contributed by atoms with Crippen LogP contribution in [0.25, 0.3) is 0 Å². The average Bonchev–Trinajstić information content (AvgIpc) is 2.84. The maximum Gasteiger partial charge on any atom is 0.264 e. The first-order valence-electron chi connectivity index (χ1n) is 10.5. The van der Waals surface area contributed by atoms with Crippen LogP contribution in [0.2, 0.25) is 0 Å². The van der Waals surface area contributed by atoms with E-state index in [9.17, 15) is 13.2 Å². The summed E-state index contributed by atoms with van der Waals surface area (Å²) in [5, 5.41) is 0. The molecule has 0 saturated carbocycles. The quantitative estimate of drug-likeness (QED) is 0.477. The lowest BCUT2D eigenvalue weighted by Gasteiger charge is -2.25. The zero-order valence-electron chi connectivity index (χ0n) is 18.6. The van der Waals surface area contributed by atoms with E-state index in [0.717, 1.165) is 5.56 Å². The minimum absolute atomic E-state index is 0.0366. The van der Waals surface area contributed by atoms with Gasteiger partial charge in [-0.3, -0.25) is 9.10 Å². The molecule has 0 unspecified atom stereocenters. The molecule has 3 aromatic rings. The summed E-state index contributed by atoms with van der Waals surface area (Å²) in [7, 11) is -2.24. The highest BCUT2D eigenvalue weighted by Crippen LogP contribution is 2.28. The number of amides is 1. The number of nitrogens with zero attached hydrogens (tertiary/aromatic N) is 2. The van der Waals surface area contributed by atoms with Gasteiger partial charge in [-0.1, -0.05) is 30.3 Å². The van der Waals surface area contributed by atoms with Gasteiger partial charge in [0.1, 0.15) is 5.75 Å². The normalized spacial score (nSPS) is 11.1. The van der Waals surface area contributed by atoms with Gasteiger partial charge in [0.2, 0.25) is 0 Å². The molecule has 0 saturated heterocycles. The van der Waals surface area contributed by atoms with Crippen LogP contribution in [0, 0.1) is 0 Å². The molecule has 32 heavy (non-hydrogen) atoms. The molecule has 6 nitrogen and oxygen atoms in total. The van der Waals surface area contributed by atoms with Crippen molar-refractivity contribution in [3.8, 4) is 5.75 Å². The Kier molecular flexibility index (Phi) is 7.53.